The molecular formula is C15H23ClN4. The largest absolute Gasteiger partial charge is 0.384 e. The fourth-order valence-electron chi connectivity index (χ4n) is 3.00. The minimum absolute atomic E-state index is 0.0776. The van der Waals surface area contributed by atoms with Gasteiger partial charge < -0.3 is 10.6 Å². The first-order valence-corrected chi connectivity index (χ1v) is 7.57. The van der Waals surface area contributed by atoms with Crippen molar-refractivity contribution in [2.45, 2.75) is 26.3 Å². The lowest BCUT2D eigenvalue weighted by Crippen LogP contribution is -2.37. The van der Waals surface area contributed by atoms with Gasteiger partial charge in [-0.05, 0) is 37.7 Å². The highest BCUT2D eigenvalue weighted by atomic mass is 35.5. The van der Waals surface area contributed by atoms with E-state index in [1.807, 2.05) is 12.1 Å². The van der Waals surface area contributed by atoms with E-state index in [0.29, 0.717) is 11.1 Å². The van der Waals surface area contributed by atoms with Crippen LogP contribution in [0.3, 0.4) is 0 Å². The van der Waals surface area contributed by atoms with Crippen LogP contribution in [-0.2, 0) is 0 Å². The third kappa shape index (κ3) is 3.07. The van der Waals surface area contributed by atoms with Crippen LogP contribution in [0, 0.1) is 5.41 Å². The molecule has 0 aliphatic carbocycles. The van der Waals surface area contributed by atoms with Crippen LogP contribution >= 0.6 is 11.6 Å². The molecule has 1 aliphatic rings. The average molecular weight is 295 g/mol. The van der Waals surface area contributed by atoms with Crippen molar-refractivity contribution in [3.05, 3.63) is 28.8 Å². The number of nitrogens with two attached hydrogens (primary N) is 1. The number of rotatable bonds is 5. The molecule has 1 aliphatic heterocycles. The van der Waals surface area contributed by atoms with Crippen molar-refractivity contribution in [1.29, 1.82) is 5.41 Å². The van der Waals surface area contributed by atoms with E-state index in [4.69, 9.17) is 22.7 Å². The fraction of sp³-hybridized carbons (Fsp3) is 0.533. The molecule has 1 aromatic rings. The van der Waals surface area contributed by atoms with Gasteiger partial charge in [0.15, 0.2) is 0 Å². The molecule has 1 heterocycles. The molecule has 0 bridgehead atoms. The zero-order valence-electron chi connectivity index (χ0n) is 12.2. The van der Waals surface area contributed by atoms with Crippen molar-refractivity contribution < 1.29 is 0 Å². The molecular weight excluding hydrogens is 272 g/mol. The molecule has 0 radical (unpaired) electrons. The normalized spacial score (nSPS) is 18.8. The topological polar surface area (TPSA) is 56.4 Å². The predicted octanol–water partition coefficient (Wildman–Crippen LogP) is 2.54. The molecule has 1 fully saturated rings. The molecule has 0 amide bonds. The quantitative estimate of drug-likeness (QED) is 0.648. The number of nitrogens with one attached hydrogen (secondary N) is 1. The van der Waals surface area contributed by atoms with Gasteiger partial charge in [0.1, 0.15) is 5.84 Å². The summed E-state index contributed by atoms with van der Waals surface area (Å²) in [7, 11) is 0. The molecule has 1 atom stereocenters. The lowest BCUT2D eigenvalue weighted by atomic mass is 10.1. The molecule has 5 heteroatoms. The second-order valence-electron chi connectivity index (χ2n) is 5.18. The van der Waals surface area contributed by atoms with E-state index in [2.05, 4.69) is 23.6 Å². The zero-order chi connectivity index (χ0) is 14.7. The van der Waals surface area contributed by atoms with Crippen LogP contribution in [0.25, 0.3) is 0 Å². The summed E-state index contributed by atoms with van der Waals surface area (Å²) < 4.78 is 0. The molecule has 2 rings (SSSR count). The smallest absolute Gasteiger partial charge is 0.124 e. The second-order valence-corrected chi connectivity index (χ2v) is 5.62. The highest BCUT2D eigenvalue weighted by Gasteiger charge is 2.27. The van der Waals surface area contributed by atoms with Crippen molar-refractivity contribution in [2.75, 3.05) is 31.1 Å². The summed E-state index contributed by atoms with van der Waals surface area (Å²) in [6.45, 7) is 8.56. The second kappa shape index (κ2) is 6.46. The van der Waals surface area contributed by atoms with E-state index in [1.54, 1.807) is 6.07 Å². The first kappa shape index (κ1) is 15.1. The number of amidine groups is 1. The van der Waals surface area contributed by atoms with Gasteiger partial charge in [0.25, 0.3) is 0 Å². The summed E-state index contributed by atoms with van der Waals surface area (Å²) in [5.74, 6) is 0.0776. The Labute approximate surface area is 126 Å². The highest BCUT2D eigenvalue weighted by molar-refractivity contribution is 6.31. The summed E-state index contributed by atoms with van der Waals surface area (Å²) in [5, 5.41) is 8.35. The Morgan fingerprint density at radius 3 is 2.75 bits per heavy atom. The lowest BCUT2D eigenvalue weighted by Gasteiger charge is -2.27. The molecule has 0 aromatic heterocycles. The maximum absolute atomic E-state index is 7.73. The molecule has 0 saturated carbocycles. The summed E-state index contributed by atoms with van der Waals surface area (Å²) in [5.41, 5.74) is 7.44. The molecule has 110 valence electrons. The number of likely N-dealkylation sites (N-methyl/N-ethyl adjacent to an activating group) is 1. The number of hydrogen-bond donors (Lipinski definition) is 2. The monoisotopic (exact) mass is 294 g/mol. The van der Waals surface area contributed by atoms with Crippen LogP contribution in [0.1, 0.15) is 25.8 Å². The minimum Gasteiger partial charge on any atom is -0.384 e. The van der Waals surface area contributed by atoms with Crippen molar-refractivity contribution in [3.8, 4) is 0 Å². The van der Waals surface area contributed by atoms with Crippen LogP contribution in [-0.4, -0.2) is 43.0 Å². The standard InChI is InChI=1S/C15H23ClN4/c1-3-19(4-2)12-7-8-20(10-12)14-6-5-11(16)9-13(14)15(17)18/h5-6,9,12H,3-4,7-8,10H2,1-2H3,(H3,17,18). The molecule has 4 nitrogen and oxygen atoms in total. The van der Waals surface area contributed by atoms with Gasteiger partial charge in [-0.15, -0.1) is 0 Å². The van der Waals surface area contributed by atoms with Gasteiger partial charge in [-0.3, -0.25) is 10.3 Å². The van der Waals surface area contributed by atoms with Gasteiger partial charge >= 0.3 is 0 Å². The Bertz CT molecular complexity index is 485. The molecule has 1 aromatic carbocycles. The molecule has 1 unspecified atom stereocenters. The van der Waals surface area contributed by atoms with E-state index in [1.165, 1.54) is 0 Å². The van der Waals surface area contributed by atoms with Crippen molar-refractivity contribution in [3.63, 3.8) is 0 Å². The first-order valence-electron chi connectivity index (χ1n) is 7.19. The number of anilines is 1. The van der Waals surface area contributed by atoms with Crippen molar-refractivity contribution >= 4 is 23.1 Å². The SMILES string of the molecule is CCN(CC)C1CCN(c2ccc(Cl)cc2C(=N)N)C1. The molecule has 3 N–H and O–H groups in total. The predicted molar refractivity (Wildman–Crippen MR) is 86.0 cm³/mol. The number of nitrogen functional groups attached to an aromatic ring is 1. The van der Waals surface area contributed by atoms with E-state index in [-0.39, 0.29) is 5.84 Å². The third-order valence-corrected chi connectivity index (χ3v) is 4.32. The third-order valence-electron chi connectivity index (χ3n) is 4.08. The summed E-state index contributed by atoms with van der Waals surface area (Å²) >= 11 is 6.01. The van der Waals surface area contributed by atoms with Crippen LogP contribution in [0.2, 0.25) is 5.02 Å². The zero-order valence-corrected chi connectivity index (χ0v) is 13.0. The van der Waals surface area contributed by atoms with Crippen molar-refractivity contribution in [2.24, 2.45) is 5.73 Å². The average Bonchev–Trinajstić information content (AvgIpc) is 2.89. The van der Waals surface area contributed by atoms with Gasteiger partial charge in [0.05, 0.1) is 0 Å². The highest BCUT2D eigenvalue weighted by Crippen LogP contribution is 2.28. The van der Waals surface area contributed by atoms with Gasteiger partial charge in [-0.1, -0.05) is 25.4 Å². The summed E-state index contributed by atoms with van der Waals surface area (Å²) in [6.07, 6.45) is 1.15. The lowest BCUT2D eigenvalue weighted by molar-refractivity contribution is 0.232. The van der Waals surface area contributed by atoms with Crippen LogP contribution in [0.4, 0.5) is 5.69 Å². The van der Waals surface area contributed by atoms with E-state index in [9.17, 15) is 0 Å². The fourth-order valence-corrected chi connectivity index (χ4v) is 3.17. The van der Waals surface area contributed by atoms with Gasteiger partial charge in [-0.2, -0.15) is 0 Å². The van der Waals surface area contributed by atoms with Crippen LogP contribution in [0.15, 0.2) is 18.2 Å². The summed E-state index contributed by atoms with van der Waals surface area (Å²) in [6, 6.07) is 6.21. The van der Waals surface area contributed by atoms with Crippen LogP contribution in [0.5, 0.6) is 0 Å². The van der Waals surface area contributed by atoms with Crippen LogP contribution < -0.4 is 10.6 Å². The Hall–Kier alpha value is -1.26. The molecule has 1 saturated heterocycles. The number of hydrogen-bond acceptors (Lipinski definition) is 3. The van der Waals surface area contributed by atoms with Gasteiger partial charge in [0.2, 0.25) is 0 Å². The maximum atomic E-state index is 7.73. The van der Waals surface area contributed by atoms with E-state index < -0.39 is 0 Å². The Morgan fingerprint density at radius 2 is 2.15 bits per heavy atom. The minimum atomic E-state index is 0.0776. The Balaban J connectivity index is 2.20. The maximum Gasteiger partial charge on any atom is 0.124 e. The number of halogens is 1. The first-order chi connectivity index (χ1) is 9.56. The Kier molecular flexibility index (Phi) is 4.89. The molecule has 20 heavy (non-hydrogen) atoms. The van der Waals surface area contributed by atoms with Crippen molar-refractivity contribution in [1.82, 2.24) is 4.90 Å². The van der Waals surface area contributed by atoms with E-state index >= 15 is 0 Å². The van der Waals surface area contributed by atoms with Gasteiger partial charge in [-0.25, -0.2) is 0 Å². The molecule has 0 spiro atoms. The summed E-state index contributed by atoms with van der Waals surface area (Å²) in [4.78, 5) is 4.80. The number of nitrogens with zero attached hydrogens (tertiary/aromatic N) is 2. The number of benzene rings is 1. The Morgan fingerprint density at radius 1 is 1.45 bits per heavy atom. The van der Waals surface area contributed by atoms with E-state index in [0.717, 1.165) is 43.9 Å². The van der Waals surface area contributed by atoms with Gasteiger partial charge in [0, 0.05) is 35.4 Å².